The lowest BCUT2D eigenvalue weighted by Crippen LogP contribution is -2.32. The Hall–Kier alpha value is -2.65. The van der Waals surface area contributed by atoms with Crippen molar-refractivity contribution in [1.29, 1.82) is 0 Å². The zero-order chi connectivity index (χ0) is 27.2. The number of nitrogens with one attached hydrogen (secondary N) is 2. The molecule has 0 aromatic carbocycles. The molecule has 0 radical (unpaired) electrons. The van der Waals surface area contributed by atoms with Crippen LogP contribution >= 0.6 is 0 Å². The van der Waals surface area contributed by atoms with E-state index in [-0.39, 0.29) is 11.8 Å². The van der Waals surface area contributed by atoms with Gasteiger partial charge in [-0.25, -0.2) is 9.59 Å². The van der Waals surface area contributed by atoms with E-state index >= 15 is 0 Å². The number of hydrogen-bond acceptors (Lipinski definition) is 5. The molecule has 10 nitrogen and oxygen atoms in total. The van der Waals surface area contributed by atoms with E-state index in [2.05, 4.69) is 17.6 Å². The van der Waals surface area contributed by atoms with Crippen LogP contribution in [0.1, 0.15) is 122 Å². The lowest BCUT2D eigenvalue weighted by atomic mass is 10.0. The first-order valence-corrected chi connectivity index (χ1v) is 13.4. The molecule has 0 saturated carbocycles. The molecule has 5 N–H and O–H groups in total. The fraction of sp³-hybridized carbons (Fsp3) is 0.808. The van der Waals surface area contributed by atoms with E-state index in [1.807, 2.05) is 0 Å². The second-order valence-electron chi connectivity index (χ2n) is 9.38. The van der Waals surface area contributed by atoms with Crippen LogP contribution in [0.3, 0.4) is 0 Å². The van der Waals surface area contributed by atoms with Crippen molar-refractivity contribution in [2.24, 2.45) is 0 Å². The third-order valence-corrected chi connectivity index (χ3v) is 6.08. The summed E-state index contributed by atoms with van der Waals surface area (Å²) in [4.78, 5) is 51.3. The molecule has 208 valence electrons. The summed E-state index contributed by atoms with van der Waals surface area (Å²) in [5, 5.41) is 29.8. The molecule has 0 aromatic rings. The zero-order valence-corrected chi connectivity index (χ0v) is 21.8. The van der Waals surface area contributed by atoms with Crippen molar-refractivity contribution in [3.63, 3.8) is 0 Å². The van der Waals surface area contributed by atoms with Gasteiger partial charge in [0.25, 0.3) is 0 Å². The standard InChI is InChI=1S/C16H32O2.2C5H7NO3/c1-2-3-4-5-6-7-8-9-10-11-12-13-14-15-16(17)18;2*7-4-2-1-3(6-4)5(8)9/h2-15H2,1H3,(H,17,18);2*3H,1-2H2,(H,6,7)(H,8,9). The van der Waals surface area contributed by atoms with Gasteiger partial charge in [0.15, 0.2) is 0 Å². The van der Waals surface area contributed by atoms with E-state index in [4.69, 9.17) is 15.3 Å². The maximum absolute atomic E-state index is 10.4. The van der Waals surface area contributed by atoms with E-state index in [9.17, 15) is 24.0 Å². The topological polar surface area (TPSA) is 170 Å². The Labute approximate surface area is 214 Å². The fourth-order valence-corrected chi connectivity index (χ4v) is 3.89. The van der Waals surface area contributed by atoms with E-state index in [1.165, 1.54) is 70.6 Å². The summed E-state index contributed by atoms with van der Waals surface area (Å²) in [6.45, 7) is 2.26. The number of carboxylic acid groups (broad SMARTS) is 3. The zero-order valence-electron chi connectivity index (χ0n) is 21.8. The number of rotatable bonds is 16. The smallest absolute Gasteiger partial charge is 0.326 e. The number of carbonyl (C=O) groups excluding carboxylic acids is 2. The lowest BCUT2D eigenvalue weighted by Gasteiger charge is -2.02. The molecule has 2 rings (SSSR count). The number of carboxylic acids is 3. The molecule has 0 aromatic heterocycles. The molecule has 2 saturated heterocycles. The second kappa shape index (κ2) is 21.6. The maximum Gasteiger partial charge on any atom is 0.326 e. The van der Waals surface area contributed by atoms with Crippen LogP contribution in [-0.2, 0) is 24.0 Å². The van der Waals surface area contributed by atoms with Crippen LogP contribution in [0.5, 0.6) is 0 Å². The summed E-state index contributed by atoms with van der Waals surface area (Å²) in [5.41, 5.74) is 0. The number of carbonyl (C=O) groups is 5. The minimum atomic E-state index is -0.944. The Morgan fingerprint density at radius 2 is 0.972 bits per heavy atom. The maximum atomic E-state index is 10.4. The van der Waals surface area contributed by atoms with E-state index < -0.39 is 30.0 Å². The highest BCUT2D eigenvalue weighted by molar-refractivity contribution is 5.87. The SMILES string of the molecule is CCCCCCCCCCCCCCCC(=O)O.O=C1CCC(C(=O)O)N1.O=C1CCC(C(=O)O)N1. The Morgan fingerprint density at radius 1 is 0.639 bits per heavy atom. The third kappa shape index (κ3) is 19.6. The van der Waals surface area contributed by atoms with Gasteiger partial charge < -0.3 is 26.0 Å². The van der Waals surface area contributed by atoms with Gasteiger partial charge in [-0.3, -0.25) is 14.4 Å². The summed E-state index contributed by atoms with van der Waals surface area (Å²) in [6.07, 6.45) is 18.8. The third-order valence-electron chi connectivity index (χ3n) is 6.08. The van der Waals surface area contributed by atoms with Gasteiger partial charge in [0.1, 0.15) is 12.1 Å². The predicted molar refractivity (Wildman–Crippen MR) is 136 cm³/mol. The summed E-state index contributed by atoms with van der Waals surface area (Å²) < 4.78 is 0. The molecule has 2 atom stereocenters. The Bertz CT molecular complexity index is 632. The van der Waals surface area contributed by atoms with Crippen LogP contribution in [0.4, 0.5) is 0 Å². The minimum Gasteiger partial charge on any atom is -0.481 e. The average Bonchev–Trinajstić information content (AvgIpc) is 3.46. The fourth-order valence-electron chi connectivity index (χ4n) is 3.89. The Kier molecular flexibility index (Phi) is 20.0. The summed E-state index contributed by atoms with van der Waals surface area (Å²) in [7, 11) is 0. The molecule has 0 aliphatic carbocycles. The molecule has 2 aliphatic rings. The van der Waals surface area contributed by atoms with Gasteiger partial charge in [0.05, 0.1) is 0 Å². The molecule has 2 aliphatic heterocycles. The van der Waals surface area contributed by atoms with Gasteiger partial charge in [-0.15, -0.1) is 0 Å². The largest absolute Gasteiger partial charge is 0.481 e. The number of hydrogen-bond donors (Lipinski definition) is 5. The molecule has 10 heteroatoms. The van der Waals surface area contributed by atoms with Gasteiger partial charge >= 0.3 is 17.9 Å². The van der Waals surface area contributed by atoms with Gasteiger partial charge in [-0.1, -0.05) is 84.0 Å². The van der Waals surface area contributed by atoms with Crippen molar-refractivity contribution < 1.29 is 39.3 Å². The first-order valence-electron chi connectivity index (χ1n) is 13.4. The van der Waals surface area contributed by atoms with Crippen molar-refractivity contribution >= 4 is 29.7 Å². The van der Waals surface area contributed by atoms with E-state index in [1.54, 1.807) is 0 Å². The van der Waals surface area contributed by atoms with Gasteiger partial charge in [-0.05, 0) is 19.3 Å². The van der Waals surface area contributed by atoms with Crippen LogP contribution in [0.15, 0.2) is 0 Å². The average molecular weight is 515 g/mol. The molecule has 36 heavy (non-hydrogen) atoms. The number of amides is 2. The monoisotopic (exact) mass is 514 g/mol. The Morgan fingerprint density at radius 3 is 1.19 bits per heavy atom. The van der Waals surface area contributed by atoms with Crippen LogP contribution < -0.4 is 10.6 Å². The molecule has 2 unspecified atom stereocenters. The highest BCUT2D eigenvalue weighted by atomic mass is 16.4. The predicted octanol–water partition coefficient (Wildman–Crippen LogP) is 4.25. The molecule has 0 spiro atoms. The van der Waals surface area contributed by atoms with Gasteiger partial charge in [-0.2, -0.15) is 0 Å². The van der Waals surface area contributed by atoms with Gasteiger partial charge in [0, 0.05) is 19.3 Å². The Balaban J connectivity index is 0.000000564. The first kappa shape index (κ1) is 33.4. The van der Waals surface area contributed by atoms with Crippen molar-refractivity contribution in [3.8, 4) is 0 Å². The summed E-state index contributed by atoms with van der Waals surface area (Å²) in [5.74, 6) is -2.87. The van der Waals surface area contributed by atoms with Crippen LogP contribution in [0, 0.1) is 0 Å². The summed E-state index contributed by atoms with van der Waals surface area (Å²) in [6, 6.07) is -1.28. The molecule has 2 heterocycles. The molecular weight excluding hydrogens is 468 g/mol. The van der Waals surface area contributed by atoms with Crippen molar-refractivity contribution in [2.75, 3.05) is 0 Å². The minimum absolute atomic E-state index is 0.164. The normalized spacial score (nSPS) is 18.2. The molecular formula is C26H46N2O8. The van der Waals surface area contributed by atoms with Crippen molar-refractivity contribution in [3.05, 3.63) is 0 Å². The molecule has 2 amide bonds. The van der Waals surface area contributed by atoms with Crippen molar-refractivity contribution in [2.45, 2.75) is 135 Å². The van der Waals surface area contributed by atoms with Crippen LogP contribution in [0.25, 0.3) is 0 Å². The lowest BCUT2D eigenvalue weighted by molar-refractivity contribution is -0.140. The summed E-state index contributed by atoms with van der Waals surface area (Å²) >= 11 is 0. The first-order chi connectivity index (χ1) is 17.2. The van der Waals surface area contributed by atoms with E-state index in [0.717, 1.165) is 12.8 Å². The molecule has 0 bridgehead atoms. The highest BCUT2D eigenvalue weighted by Crippen LogP contribution is 2.13. The quantitative estimate of drug-likeness (QED) is 0.190. The van der Waals surface area contributed by atoms with E-state index in [0.29, 0.717) is 32.1 Å². The van der Waals surface area contributed by atoms with Crippen molar-refractivity contribution in [1.82, 2.24) is 10.6 Å². The molecule has 2 fully saturated rings. The second-order valence-corrected chi connectivity index (χ2v) is 9.38. The van der Waals surface area contributed by atoms with Gasteiger partial charge in [0.2, 0.25) is 11.8 Å². The number of aliphatic carboxylic acids is 3. The highest BCUT2D eigenvalue weighted by Gasteiger charge is 2.26. The van der Waals surface area contributed by atoms with Crippen LogP contribution in [-0.4, -0.2) is 57.1 Å². The van der Waals surface area contributed by atoms with Crippen LogP contribution in [0.2, 0.25) is 0 Å². The number of unbranched alkanes of at least 4 members (excludes halogenated alkanes) is 12.